The maximum atomic E-state index is 13.2. The van der Waals surface area contributed by atoms with Crippen LogP contribution in [0.5, 0.6) is 0 Å². The number of allylic oxidation sites excluding steroid dienone is 1. The van der Waals surface area contributed by atoms with Crippen molar-refractivity contribution in [1.29, 1.82) is 0 Å². The minimum atomic E-state index is -0.557. The predicted molar refractivity (Wildman–Crippen MR) is 134 cm³/mol. The largest absolute Gasteiger partial charge is 0.348 e. The molecule has 1 aromatic carbocycles. The summed E-state index contributed by atoms with van der Waals surface area (Å²) in [7, 11) is 0. The van der Waals surface area contributed by atoms with Gasteiger partial charge in [0, 0.05) is 25.3 Å². The molecular formula is C24H29N5O3S. The zero-order valence-electron chi connectivity index (χ0n) is 19.1. The summed E-state index contributed by atoms with van der Waals surface area (Å²) in [5.74, 6) is -0.335. The van der Waals surface area contributed by atoms with E-state index >= 15 is 0 Å². The van der Waals surface area contributed by atoms with Gasteiger partial charge in [-0.3, -0.25) is 18.7 Å². The minimum Gasteiger partial charge on any atom is -0.348 e. The Morgan fingerprint density at radius 3 is 2.67 bits per heavy atom. The van der Waals surface area contributed by atoms with Gasteiger partial charge in [-0.05, 0) is 43.7 Å². The van der Waals surface area contributed by atoms with E-state index in [1.54, 1.807) is 0 Å². The second-order valence-corrected chi connectivity index (χ2v) is 9.26. The summed E-state index contributed by atoms with van der Waals surface area (Å²) in [6, 6.07) is 5.87. The molecule has 9 heteroatoms. The van der Waals surface area contributed by atoms with Crippen molar-refractivity contribution in [3.05, 3.63) is 62.8 Å². The molecule has 0 aliphatic carbocycles. The smallest absolute Gasteiger partial charge is 0.333 e. The van der Waals surface area contributed by atoms with E-state index in [0.29, 0.717) is 4.70 Å². The van der Waals surface area contributed by atoms with Crippen LogP contribution in [0, 0.1) is 6.92 Å². The van der Waals surface area contributed by atoms with E-state index in [9.17, 15) is 14.4 Å². The van der Waals surface area contributed by atoms with Gasteiger partial charge in [-0.25, -0.2) is 9.78 Å². The van der Waals surface area contributed by atoms with Crippen molar-refractivity contribution in [1.82, 2.24) is 14.1 Å². The molecular weight excluding hydrogens is 438 g/mol. The van der Waals surface area contributed by atoms with Gasteiger partial charge < -0.3 is 10.2 Å². The Bertz CT molecular complexity index is 1310. The number of rotatable bonds is 7. The number of piperidine rings is 1. The van der Waals surface area contributed by atoms with Gasteiger partial charge >= 0.3 is 5.69 Å². The number of hydrogen-bond donors (Lipinski definition) is 1. The number of nitrogens with zero attached hydrogens (tertiary/aromatic N) is 4. The lowest BCUT2D eigenvalue weighted by Gasteiger charge is -2.25. The first-order valence-corrected chi connectivity index (χ1v) is 12.1. The van der Waals surface area contributed by atoms with E-state index < -0.39 is 5.69 Å². The zero-order chi connectivity index (χ0) is 23.5. The van der Waals surface area contributed by atoms with Crippen molar-refractivity contribution in [3.8, 4) is 0 Å². The molecule has 8 nitrogen and oxygen atoms in total. The van der Waals surface area contributed by atoms with E-state index in [1.807, 2.05) is 32.0 Å². The molecule has 1 aliphatic rings. The van der Waals surface area contributed by atoms with Crippen molar-refractivity contribution in [3.63, 3.8) is 0 Å². The van der Waals surface area contributed by atoms with Crippen LogP contribution < -0.4 is 21.5 Å². The van der Waals surface area contributed by atoms with Crippen molar-refractivity contribution < 1.29 is 4.79 Å². The predicted octanol–water partition coefficient (Wildman–Crippen LogP) is 3.31. The number of thiazole rings is 1. The molecule has 0 unspecified atom stereocenters. The van der Waals surface area contributed by atoms with Crippen LogP contribution in [0.3, 0.4) is 0 Å². The number of amides is 1. The number of aryl methyl sites for hydroxylation is 2. The summed E-state index contributed by atoms with van der Waals surface area (Å²) >= 11 is 1.29. The third-order valence-electron chi connectivity index (χ3n) is 6.00. The maximum Gasteiger partial charge on any atom is 0.333 e. The lowest BCUT2D eigenvalue weighted by atomic mass is 10.1. The highest BCUT2D eigenvalue weighted by Gasteiger charge is 2.22. The quantitative estimate of drug-likeness (QED) is 0.539. The molecule has 1 fully saturated rings. The monoisotopic (exact) mass is 467 g/mol. The second kappa shape index (κ2) is 9.74. The van der Waals surface area contributed by atoms with E-state index in [-0.39, 0.29) is 30.2 Å². The number of anilines is 2. The molecule has 1 aliphatic heterocycles. The summed E-state index contributed by atoms with van der Waals surface area (Å²) in [6.07, 6.45) is 5.60. The van der Waals surface area contributed by atoms with Gasteiger partial charge in [-0.2, -0.15) is 0 Å². The molecule has 2 aromatic heterocycles. The van der Waals surface area contributed by atoms with Crippen LogP contribution in [0.15, 0.2) is 40.4 Å². The third-order valence-corrected chi connectivity index (χ3v) is 7.09. The fourth-order valence-electron chi connectivity index (χ4n) is 4.25. The maximum absolute atomic E-state index is 13.2. The highest BCUT2D eigenvalue weighted by molar-refractivity contribution is 7.22. The molecule has 1 amide bonds. The number of benzene rings is 1. The van der Waals surface area contributed by atoms with Crippen LogP contribution in [-0.2, 0) is 24.3 Å². The Morgan fingerprint density at radius 2 is 1.97 bits per heavy atom. The molecule has 3 aromatic rings. The number of carbonyl (C=O) groups is 1. The van der Waals surface area contributed by atoms with E-state index in [0.717, 1.165) is 58.9 Å². The molecule has 3 heterocycles. The van der Waals surface area contributed by atoms with Crippen molar-refractivity contribution in [2.45, 2.75) is 52.6 Å². The third kappa shape index (κ3) is 4.50. The Hall–Kier alpha value is -3.20. The topological polar surface area (TPSA) is 89.2 Å². The van der Waals surface area contributed by atoms with Gasteiger partial charge in [0.2, 0.25) is 5.91 Å². The molecule has 0 saturated carbocycles. The minimum absolute atomic E-state index is 0.0734. The number of hydrogen-bond acceptors (Lipinski definition) is 6. The highest BCUT2D eigenvalue weighted by Crippen LogP contribution is 2.28. The van der Waals surface area contributed by atoms with Gasteiger partial charge in [-0.1, -0.05) is 42.5 Å². The first kappa shape index (κ1) is 23.0. The van der Waals surface area contributed by atoms with Gasteiger partial charge in [0.05, 0.1) is 0 Å². The molecule has 1 N–H and O–H groups in total. The van der Waals surface area contributed by atoms with Gasteiger partial charge in [0.1, 0.15) is 11.2 Å². The van der Waals surface area contributed by atoms with E-state index in [4.69, 9.17) is 0 Å². The second-order valence-electron chi connectivity index (χ2n) is 8.28. The molecule has 0 bridgehead atoms. The summed E-state index contributed by atoms with van der Waals surface area (Å²) in [5.41, 5.74) is 2.07. The van der Waals surface area contributed by atoms with Crippen LogP contribution in [0.1, 0.15) is 37.3 Å². The number of nitrogens with one attached hydrogen (secondary N) is 1. The van der Waals surface area contributed by atoms with Gasteiger partial charge in [-0.15, -0.1) is 6.58 Å². The fourth-order valence-corrected chi connectivity index (χ4v) is 5.32. The Kier molecular flexibility index (Phi) is 6.78. The normalized spacial score (nSPS) is 13.9. The summed E-state index contributed by atoms with van der Waals surface area (Å²) in [5, 5.41) is 3.69. The molecule has 174 valence electrons. The first-order chi connectivity index (χ1) is 15.9. The Balaban J connectivity index is 1.76. The number of fused-ring (bicyclic) bond motifs is 1. The fraction of sp³-hybridized carbons (Fsp3) is 0.417. The standard InChI is InChI=1S/C24H29N5O3S/c1-4-12-28-22(31)20-21(26-23(33-20)27-13-7-6-8-14-27)29(24(28)32)15-18(30)25-19-16(3)10-9-11-17(19)5-2/h4,9-11H,1,5-8,12-15H2,2-3H3,(H,25,30). The van der Waals surface area contributed by atoms with E-state index in [2.05, 4.69) is 21.8 Å². The highest BCUT2D eigenvalue weighted by atomic mass is 32.1. The number of para-hydroxylation sites is 1. The average Bonchev–Trinajstić information content (AvgIpc) is 3.27. The van der Waals surface area contributed by atoms with Crippen LogP contribution in [0.4, 0.5) is 10.8 Å². The van der Waals surface area contributed by atoms with Gasteiger partial charge in [0.15, 0.2) is 10.8 Å². The van der Waals surface area contributed by atoms with Gasteiger partial charge in [0.25, 0.3) is 5.56 Å². The molecule has 1 saturated heterocycles. The Morgan fingerprint density at radius 1 is 1.21 bits per heavy atom. The van der Waals surface area contributed by atoms with Crippen LogP contribution >= 0.6 is 11.3 Å². The molecule has 4 rings (SSSR count). The van der Waals surface area contributed by atoms with E-state index in [1.165, 1.54) is 28.4 Å². The summed E-state index contributed by atoms with van der Waals surface area (Å²) in [4.78, 5) is 46.1. The van der Waals surface area contributed by atoms with Crippen LogP contribution in [-0.4, -0.2) is 33.1 Å². The van der Waals surface area contributed by atoms with Crippen LogP contribution in [0.2, 0.25) is 0 Å². The molecule has 0 atom stereocenters. The lowest BCUT2D eigenvalue weighted by molar-refractivity contribution is -0.116. The number of carbonyl (C=O) groups excluding carboxylic acids is 1. The lowest BCUT2D eigenvalue weighted by Crippen LogP contribution is -2.41. The van der Waals surface area contributed by atoms with Crippen molar-refractivity contribution in [2.24, 2.45) is 0 Å². The summed E-state index contributed by atoms with van der Waals surface area (Å²) in [6.45, 7) is 9.22. The molecule has 0 spiro atoms. The van der Waals surface area contributed by atoms with Crippen molar-refractivity contribution >= 4 is 38.4 Å². The first-order valence-electron chi connectivity index (χ1n) is 11.3. The SMILES string of the molecule is C=CCn1c(=O)c2sc(N3CCCCC3)nc2n(CC(=O)Nc2c(C)cccc2CC)c1=O. The van der Waals surface area contributed by atoms with Crippen molar-refractivity contribution in [2.75, 3.05) is 23.3 Å². The number of aromatic nitrogens is 3. The molecule has 33 heavy (non-hydrogen) atoms. The summed E-state index contributed by atoms with van der Waals surface area (Å²) < 4.78 is 2.81. The zero-order valence-corrected chi connectivity index (χ0v) is 19.9. The average molecular weight is 468 g/mol. The Labute approximate surface area is 196 Å². The molecule has 0 radical (unpaired) electrons. The van der Waals surface area contributed by atoms with Crippen LogP contribution in [0.25, 0.3) is 10.3 Å².